The first-order valence-corrected chi connectivity index (χ1v) is 36.8. The van der Waals surface area contributed by atoms with Gasteiger partial charge in [0.05, 0.1) is 44.7 Å². The summed E-state index contributed by atoms with van der Waals surface area (Å²) in [6.07, 6.45) is 1.52. The maximum absolute atomic E-state index is 13.7. The fourth-order valence-corrected chi connectivity index (χ4v) is 13.1. The molecule has 26 nitrogen and oxygen atoms in total. The Hall–Kier alpha value is -1.94. The molecule has 0 aliphatic carbocycles. The minimum Gasteiger partial charge on any atom is -0.394 e. The summed E-state index contributed by atoms with van der Waals surface area (Å²) < 4.78 is 46.7. The van der Waals surface area contributed by atoms with Crippen LogP contribution in [0.15, 0.2) is 0 Å². The molecule has 26 heteroatoms. The van der Waals surface area contributed by atoms with E-state index in [0.717, 1.165) is 64.7 Å². The molecule has 0 radical (unpaired) electrons. The lowest BCUT2D eigenvalue weighted by Gasteiger charge is -2.47. The van der Waals surface area contributed by atoms with E-state index >= 15 is 0 Å². The summed E-state index contributed by atoms with van der Waals surface area (Å²) in [6, 6.07) is -2.92. The van der Waals surface area contributed by atoms with Crippen LogP contribution in [-0.4, -0.2) is 257 Å². The maximum Gasteiger partial charge on any atom is 0.249 e. The zero-order valence-electron chi connectivity index (χ0n) is 57.8. The Morgan fingerprint density at radius 1 is 0.432 bits per heavy atom. The summed E-state index contributed by atoms with van der Waals surface area (Å²) in [6.45, 7) is 4.01. The Labute approximate surface area is 565 Å². The third-order valence-corrected chi connectivity index (χ3v) is 19.2. The zero-order valence-corrected chi connectivity index (χ0v) is 57.8. The van der Waals surface area contributed by atoms with Crippen LogP contribution >= 0.6 is 0 Å². The summed E-state index contributed by atoms with van der Waals surface area (Å²) in [7, 11) is 0. The number of amides is 2. The van der Waals surface area contributed by atoms with E-state index < -0.39 is 185 Å². The van der Waals surface area contributed by atoms with Crippen molar-refractivity contribution < 1.29 is 119 Å². The Balaban J connectivity index is 1.38. The number of carbonyl (C=O) groups excluding carboxylic acids is 2. The van der Waals surface area contributed by atoms with Crippen LogP contribution in [0.5, 0.6) is 0 Å². The standard InChI is InChI=1S/C69H130N2O24/c1-5-7-9-11-13-15-17-19-21-22-23-25-27-29-31-33-35-37-39-48(76)65(87)71-46(53(77)47(75)38-36-34-32-30-28-26-24-20-18-16-14-12-10-8-6-2)41-88-69-64(59(83)54(78)49(40-72)91-69)95-68-61(85)58(82)56(80)51(93-68)42-89-66-52(70-45(4)74)57(81)55(79)50(92-66)43-90-67-62(86)60(84)63(94-67)44(3)73/h44,46-64,66-69,72-73,75-86H,5-43H2,1-4H3,(H,70,74)(H,71,87)/t44-,46-,47+,48+,49+,50+,51+,52+,53-,54-,55-,56-,57+,58-,59-,60-,61+,62-,63+,64+,66+,67-,68+,69-/m0/s1. The molecule has 0 unspecified atom stereocenters. The minimum absolute atomic E-state index is 0.126. The fourth-order valence-electron chi connectivity index (χ4n) is 13.1. The third-order valence-electron chi connectivity index (χ3n) is 19.2. The molecule has 4 aliphatic rings. The van der Waals surface area contributed by atoms with Gasteiger partial charge in [0.1, 0.15) is 104 Å². The van der Waals surface area contributed by atoms with Gasteiger partial charge in [0, 0.05) is 6.92 Å². The van der Waals surface area contributed by atoms with Crippen LogP contribution in [0.25, 0.3) is 0 Å². The molecular weight excluding hydrogens is 1240 g/mol. The predicted molar refractivity (Wildman–Crippen MR) is 351 cm³/mol. The maximum atomic E-state index is 13.7. The molecule has 0 bridgehead atoms. The van der Waals surface area contributed by atoms with E-state index in [9.17, 15) is 81.1 Å². The zero-order chi connectivity index (χ0) is 69.7. The van der Waals surface area contributed by atoms with Crippen LogP contribution in [0, 0.1) is 0 Å². The number of aliphatic hydroxyl groups is 14. The Kier molecular flexibility index (Phi) is 43.9. The van der Waals surface area contributed by atoms with Gasteiger partial charge in [-0.2, -0.15) is 0 Å². The van der Waals surface area contributed by atoms with Crippen molar-refractivity contribution in [1.29, 1.82) is 0 Å². The van der Waals surface area contributed by atoms with Crippen LogP contribution in [-0.2, 0) is 47.5 Å². The number of unbranched alkanes of at least 4 members (excludes halogenated alkanes) is 31. The van der Waals surface area contributed by atoms with Crippen LogP contribution in [0.2, 0.25) is 0 Å². The van der Waals surface area contributed by atoms with E-state index in [1.54, 1.807) is 0 Å². The molecule has 4 fully saturated rings. The summed E-state index contributed by atoms with van der Waals surface area (Å²) >= 11 is 0. The van der Waals surface area contributed by atoms with Gasteiger partial charge in [0.25, 0.3) is 0 Å². The number of nitrogens with one attached hydrogen (secondary N) is 2. The highest BCUT2D eigenvalue weighted by Gasteiger charge is 2.53. The second-order valence-corrected chi connectivity index (χ2v) is 27.5. The number of carbonyl (C=O) groups is 2. The average Bonchev–Trinajstić information content (AvgIpc) is 1.38. The van der Waals surface area contributed by atoms with E-state index in [4.69, 9.17) is 37.9 Å². The van der Waals surface area contributed by atoms with Crippen molar-refractivity contribution in [3.8, 4) is 0 Å². The lowest BCUT2D eigenvalue weighted by atomic mass is 9.96. The monoisotopic (exact) mass is 1370 g/mol. The van der Waals surface area contributed by atoms with Gasteiger partial charge in [0.2, 0.25) is 11.8 Å². The van der Waals surface area contributed by atoms with Crippen molar-refractivity contribution in [3.63, 3.8) is 0 Å². The molecule has 95 heavy (non-hydrogen) atoms. The van der Waals surface area contributed by atoms with Crippen molar-refractivity contribution in [2.75, 3.05) is 26.4 Å². The van der Waals surface area contributed by atoms with Crippen molar-refractivity contribution in [3.05, 3.63) is 0 Å². The first-order valence-electron chi connectivity index (χ1n) is 36.8. The first kappa shape index (κ1) is 85.5. The number of aliphatic hydroxyl groups excluding tert-OH is 14. The largest absolute Gasteiger partial charge is 0.394 e. The van der Waals surface area contributed by atoms with Gasteiger partial charge in [-0.3, -0.25) is 9.59 Å². The molecule has 0 spiro atoms. The predicted octanol–water partition coefficient (Wildman–Crippen LogP) is 3.71. The van der Waals surface area contributed by atoms with Crippen LogP contribution in [0.1, 0.15) is 252 Å². The summed E-state index contributed by atoms with van der Waals surface area (Å²) in [5.74, 6) is -1.53. The molecule has 560 valence electrons. The van der Waals surface area contributed by atoms with E-state index in [2.05, 4.69) is 24.5 Å². The molecule has 0 aromatic rings. The van der Waals surface area contributed by atoms with Crippen LogP contribution in [0.3, 0.4) is 0 Å². The van der Waals surface area contributed by atoms with E-state index in [1.807, 2.05) is 0 Å². The van der Waals surface area contributed by atoms with E-state index in [0.29, 0.717) is 12.8 Å². The van der Waals surface area contributed by atoms with Gasteiger partial charge in [-0.25, -0.2) is 0 Å². The molecule has 0 saturated carbocycles. The van der Waals surface area contributed by atoms with Gasteiger partial charge in [-0.1, -0.05) is 226 Å². The quantitative estimate of drug-likeness (QED) is 0.0386. The minimum atomic E-state index is -2.09. The SMILES string of the molecule is CCCCCCCCCCCCCCCCCCCC[C@@H](O)C(=O)N[C@@H](CO[C@H]1O[C@H](CO)[C@H](O)[C@H](O)[C@H]1O[C@H]1O[C@H](CO[C@@H]2O[C@H](CO[C@H]3O[C@H]([C@H](C)O)[C@@H](O)[C@@H]3O)[C@H](O)[C@H](O)[C@H]2NC(C)=O)[C@H](O)[C@H](O)[C@H]1O)[C@H](O)[C@H](O)CCCCCCCCCCCCCCCCC. The van der Waals surface area contributed by atoms with Gasteiger partial charge >= 0.3 is 0 Å². The van der Waals surface area contributed by atoms with Crippen molar-refractivity contribution in [1.82, 2.24) is 10.6 Å². The molecule has 24 atom stereocenters. The van der Waals surface area contributed by atoms with Gasteiger partial charge < -0.3 is 120 Å². The second kappa shape index (κ2) is 48.8. The average molecular weight is 1370 g/mol. The number of hydrogen-bond donors (Lipinski definition) is 16. The van der Waals surface area contributed by atoms with Crippen LogP contribution in [0.4, 0.5) is 0 Å². The molecule has 2 amide bonds. The van der Waals surface area contributed by atoms with Crippen molar-refractivity contribution in [2.24, 2.45) is 0 Å². The lowest BCUT2D eigenvalue weighted by Crippen LogP contribution is -2.66. The molecule has 4 heterocycles. The summed E-state index contributed by atoms with van der Waals surface area (Å²) in [5.41, 5.74) is 0. The molecular formula is C69H130N2O24. The number of hydrogen-bond acceptors (Lipinski definition) is 24. The highest BCUT2D eigenvalue weighted by atomic mass is 16.8. The number of rotatable bonds is 53. The topological polar surface area (TPSA) is 415 Å². The van der Waals surface area contributed by atoms with Crippen LogP contribution < -0.4 is 10.6 Å². The number of ether oxygens (including phenoxy) is 8. The molecule has 0 aromatic heterocycles. The van der Waals surface area contributed by atoms with Crippen molar-refractivity contribution >= 4 is 11.8 Å². The third kappa shape index (κ3) is 30.7. The normalized spacial score (nSPS) is 32.0. The Morgan fingerprint density at radius 2 is 0.832 bits per heavy atom. The van der Waals surface area contributed by atoms with Gasteiger partial charge in [0.15, 0.2) is 25.2 Å². The molecule has 4 saturated heterocycles. The van der Waals surface area contributed by atoms with E-state index in [1.165, 1.54) is 148 Å². The molecule has 4 rings (SSSR count). The highest BCUT2D eigenvalue weighted by Crippen LogP contribution is 2.33. The molecule has 16 N–H and O–H groups in total. The highest BCUT2D eigenvalue weighted by molar-refractivity contribution is 5.80. The fraction of sp³-hybridized carbons (Fsp3) is 0.971. The first-order chi connectivity index (χ1) is 45.7. The Bertz CT molecular complexity index is 1960. The molecule has 0 aromatic carbocycles. The lowest BCUT2D eigenvalue weighted by molar-refractivity contribution is -0.371. The van der Waals surface area contributed by atoms with E-state index in [-0.39, 0.29) is 12.8 Å². The Morgan fingerprint density at radius 3 is 1.27 bits per heavy atom. The summed E-state index contributed by atoms with van der Waals surface area (Å²) in [4.78, 5) is 26.0. The van der Waals surface area contributed by atoms with Gasteiger partial charge in [-0.15, -0.1) is 0 Å². The smallest absolute Gasteiger partial charge is 0.249 e. The second-order valence-electron chi connectivity index (χ2n) is 27.5. The summed E-state index contributed by atoms with van der Waals surface area (Å²) in [5, 5.41) is 159. The van der Waals surface area contributed by atoms with Gasteiger partial charge in [-0.05, 0) is 19.8 Å². The van der Waals surface area contributed by atoms with Crippen molar-refractivity contribution in [2.45, 2.75) is 400 Å². The molecule has 4 aliphatic heterocycles.